The molecule has 0 spiro atoms. The topological polar surface area (TPSA) is 136 Å². The largest absolute Gasteiger partial charge is 0.478 e. The molecule has 9 nitrogen and oxygen atoms in total. The van der Waals surface area contributed by atoms with Gasteiger partial charge in [-0.1, -0.05) is 28.0 Å². The molecule has 0 saturated carbocycles. The quantitative estimate of drug-likeness (QED) is 0.130. The van der Waals surface area contributed by atoms with Gasteiger partial charge in [0.05, 0.1) is 0 Å². The van der Waals surface area contributed by atoms with Crippen LogP contribution in [0, 0.1) is 0 Å². The summed E-state index contributed by atoms with van der Waals surface area (Å²) in [5.41, 5.74) is -3.84. The number of hydrogen-bond acceptors (Lipinski definition) is 8. The smallest absolute Gasteiger partial charge is 0.434 e. The van der Waals surface area contributed by atoms with Crippen molar-refractivity contribution in [2.45, 2.75) is 105 Å². The van der Waals surface area contributed by atoms with Crippen molar-refractivity contribution < 1.29 is 96.3 Å². The lowest BCUT2D eigenvalue weighted by Crippen LogP contribution is -2.50. The molecule has 0 amide bonds. The van der Waals surface area contributed by atoms with Crippen molar-refractivity contribution in [2.24, 2.45) is 0 Å². The van der Waals surface area contributed by atoms with Crippen molar-refractivity contribution in [1.82, 2.24) is 0 Å². The maximum absolute atomic E-state index is 12.2. The van der Waals surface area contributed by atoms with Gasteiger partial charge in [-0.15, -0.1) is 0 Å². The molecular formula is C24H34F12O9. The number of halogens is 12. The van der Waals surface area contributed by atoms with E-state index in [0.29, 0.717) is 0 Å². The fraction of sp³-hybridized carbons (Fsp3) is 0.667. The minimum atomic E-state index is -5.84. The van der Waals surface area contributed by atoms with Crippen LogP contribution in [0.4, 0.5) is 52.7 Å². The first-order chi connectivity index (χ1) is 18.5. The molecule has 0 aromatic carbocycles. The molecule has 0 bridgehead atoms. The van der Waals surface area contributed by atoms with Crippen LogP contribution in [0.15, 0.2) is 24.3 Å². The number of aliphatic hydroxyl groups excluding tert-OH is 1. The summed E-state index contributed by atoms with van der Waals surface area (Å²) in [7, 11) is 0. The van der Waals surface area contributed by atoms with Gasteiger partial charge in [-0.3, -0.25) is 0 Å². The Morgan fingerprint density at radius 2 is 0.867 bits per heavy atom. The van der Waals surface area contributed by atoms with E-state index >= 15 is 0 Å². The fourth-order valence-electron chi connectivity index (χ4n) is 1.48. The summed E-state index contributed by atoms with van der Waals surface area (Å²) in [6.45, 7) is 13.3. The third-order valence-corrected chi connectivity index (χ3v) is 3.84. The number of carboxylic acid groups (broad SMARTS) is 1. The lowest BCUT2D eigenvalue weighted by Gasteiger charge is -2.28. The molecule has 21 heteroatoms. The summed E-state index contributed by atoms with van der Waals surface area (Å²) in [6.07, 6.45) is -31.5. The van der Waals surface area contributed by atoms with Crippen molar-refractivity contribution in [2.75, 3.05) is 0 Å². The molecule has 0 unspecified atom stereocenters. The highest BCUT2D eigenvalue weighted by Gasteiger charge is 2.61. The minimum Gasteiger partial charge on any atom is -0.478 e. The SMILES string of the molecule is C.C.C=C(C)C(=O)OC(C)(C)C(=O)O.C=C(C)C(=O)OC(C)(C)C(=O)OC(C(F)(F)F)C(F)(F)F.OC(C(F)(F)F)C(F)(F)F. The molecule has 268 valence electrons. The van der Waals surface area contributed by atoms with Crippen LogP contribution in [-0.4, -0.2) is 82.2 Å². The molecule has 0 saturated heterocycles. The monoisotopic (exact) mass is 694 g/mol. The Morgan fingerprint density at radius 1 is 0.600 bits per heavy atom. The van der Waals surface area contributed by atoms with E-state index in [0.717, 1.165) is 13.8 Å². The maximum atomic E-state index is 12.2. The highest BCUT2D eigenvalue weighted by Crippen LogP contribution is 2.37. The number of ether oxygens (including phenoxy) is 3. The van der Waals surface area contributed by atoms with Crippen molar-refractivity contribution in [1.29, 1.82) is 0 Å². The second-order valence-electron chi connectivity index (χ2n) is 9.02. The Labute approximate surface area is 249 Å². The van der Waals surface area contributed by atoms with Gasteiger partial charge in [0, 0.05) is 11.1 Å². The van der Waals surface area contributed by atoms with Gasteiger partial charge in [-0.25, -0.2) is 19.2 Å². The average molecular weight is 695 g/mol. The van der Waals surface area contributed by atoms with E-state index in [-0.39, 0.29) is 26.0 Å². The molecular weight excluding hydrogens is 660 g/mol. The summed E-state index contributed by atoms with van der Waals surface area (Å²) >= 11 is 0. The van der Waals surface area contributed by atoms with Gasteiger partial charge in [0.2, 0.25) is 17.3 Å². The van der Waals surface area contributed by atoms with Crippen molar-refractivity contribution in [3.8, 4) is 0 Å². The predicted molar refractivity (Wildman–Crippen MR) is 131 cm³/mol. The van der Waals surface area contributed by atoms with Crippen LogP contribution in [0.5, 0.6) is 0 Å². The van der Waals surface area contributed by atoms with Crippen LogP contribution in [0.1, 0.15) is 56.4 Å². The normalized spacial score (nSPS) is 12.1. The Bertz CT molecular complexity index is 995. The molecule has 0 aliphatic rings. The second kappa shape index (κ2) is 17.8. The molecule has 0 aromatic rings. The summed E-state index contributed by atoms with van der Waals surface area (Å²) in [5, 5.41) is 16.0. The highest BCUT2D eigenvalue weighted by molar-refractivity contribution is 5.91. The van der Waals surface area contributed by atoms with Crippen LogP contribution in [-0.2, 0) is 33.4 Å². The standard InChI is InChI=1S/C11H12F6O4.C8H12O4.C3H2F6O.2CH4/c1-5(2)6(18)21-9(3,4)8(19)20-7(10(12,13)14)11(15,16)17;1-5(2)6(9)12-8(3,4)7(10)11;4-2(5,6)1(10)3(7,8)9;;/h7H,1H2,2-4H3;1H2,2-4H3,(H,10,11);1,10H;2*1H4. The van der Waals surface area contributed by atoms with Gasteiger partial charge in [-0.2, -0.15) is 52.7 Å². The van der Waals surface area contributed by atoms with E-state index in [1.807, 2.05) is 0 Å². The van der Waals surface area contributed by atoms with Gasteiger partial charge >= 0.3 is 48.6 Å². The maximum Gasteiger partial charge on any atom is 0.434 e. The average Bonchev–Trinajstić information content (AvgIpc) is 2.73. The molecule has 0 fully saturated rings. The van der Waals surface area contributed by atoms with Crippen molar-refractivity contribution in [3.63, 3.8) is 0 Å². The lowest BCUT2D eigenvalue weighted by atomic mass is 10.1. The van der Waals surface area contributed by atoms with E-state index in [1.54, 1.807) is 0 Å². The molecule has 45 heavy (non-hydrogen) atoms. The van der Waals surface area contributed by atoms with Crippen LogP contribution in [0.3, 0.4) is 0 Å². The van der Waals surface area contributed by atoms with Crippen molar-refractivity contribution in [3.05, 3.63) is 24.3 Å². The molecule has 2 N–H and O–H groups in total. The molecule has 0 radical (unpaired) electrons. The van der Waals surface area contributed by atoms with E-state index in [2.05, 4.69) is 27.4 Å². The Balaban J connectivity index is -0.000000190. The second-order valence-corrected chi connectivity index (χ2v) is 9.02. The van der Waals surface area contributed by atoms with Crippen LogP contribution in [0.2, 0.25) is 0 Å². The molecule has 0 aliphatic carbocycles. The number of carboxylic acids is 1. The third kappa shape index (κ3) is 20.2. The number of aliphatic hydroxyl groups is 1. The zero-order chi connectivity index (χ0) is 35.7. The fourth-order valence-corrected chi connectivity index (χ4v) is 1.48. The Hall–Kier alpha value is -3.52. The first-order valence-electron chi connectivity index (χ1n) is 10.7. The molecule has 0 heterocycles. The van der Waals surface area contributed by atoms with Crippen LogP contribution < -0.4 is 0 Å². The number of carbonyl (C=O) groups excluding carboxylic acids is 3. The van der Waals surface area contributed by atoms with E-state index in [1.165, 1.54) is 27.7 Å². The molecule has 0 rings (SSSR count). The van der Waals surface area contributed by atoms with Gasteiger partial charge in [-0.05, 0) is 41.5 Å². The highest BCUT2D eigenvalue weighted by atomic mass is 19.4. The number of aliphatic carboxylic acids is 1. The molecule has 0 atom stereocenters. The van der Waals surface area contributed by atoms with E-state index in [9.17, 15) is 71.9 Å². The number of alkyl halides is 12. The Morgan fingerprint density at radius 3 is 1.04 bits per heavy atom. The summed E-state index contributed by atoms with van der Waals surface area (Å²) in [6, 6.07) is 0. The lowest BCUT2D eigenvalue weighted by molar-refractivity contribution is -0.316. The minimum absolute atomic E-state index is 0. The molecule has 0 aromatic heterocycles. The van der Waals surface area contributed by atoms with Gasteiger partial charge in [0.15, 0.2) is 0 Å². The summed E-state index contributed by atoms with van der Waals surface area (Å²) < 4.78 is 152. The molecule has 0 aliphatic heterocycles. The Kier molecular flexibility index (Phi) is 20.2. The first kappa shape index (κ1) is 51.1. The first-order valence-corrected chi connectivity index (χ1v) is 10.7. The zero-order valence-electron chi connectivity index (χ0n) is 22.9. The van der Waals surface area contributed by atoms with Crippen molar-refractivity contribution >= 4 is 23.9 Å². The van der Waals surface area contributed by atoms with Crippen LogP contribution >= 0.6 is 0 Å². The number of carbonyl (C=O) groups is 4. The summed E-state index contributed by atoms with van der Waals surface area (Å²) in [4.78, 5) is 43.9. The van der Waals surface area contributed by atoms with Gasteiger partial charge in [0.25, 0.3) is 6.10 Å². The van der Waals surface area contributed by atoms with Gasteiger partial charge in [0.1, 0.15) is 0 Å². The zero-order valence-corrected chi connectivity index (χ0v) is 22.9. The van der Waals surface area contributed by atoms with E-state index < -0.39 is 72.0 Å². The number of esters is 3. The predicted octanol–water partition coefficient (Wildman–Crippen LogP) is 6.63. The number of hydrogen-bond donors (Lipinski definition) is 2. The van der Waals surface area contributed by atoms with Crippen LogP contribution in [0.25, 0.3) is 0 Å². The van der Waals surface area contributed by atoms with E-state index in [4.69, 9.17) is 10.2 Å². The number of rotatable bonds is 7. The van der Waals surface area contributed by atoms with Gasteiger partial charge < -0.3 is 24.4 Å². The third-order valence-electron chi connectivity index (χ3n) is 3.84. The summed E-state index contributed by atoms with van der Waals surface area (Å²) in [5.74, 6) is -5.02.